The van der Waals surface area contributed by atoms with Gasteiger partial charge in [-0.2, -0.15) is 5.26 Å². The number of nitriles is 1. The molecule has 0 radical (unpaired) electrons. The molecule has 4 rings (SSSR count). The van der Waals surface area contributed by atoms with Gasteiger partial charge < -0.3 is 30.2 Å². The van der Waals surface area contributed by atoms with Crippen LogP contribution in [0.4, 0.5) is 11.6 Å². The van der Waals surface area contributed by atoms with Crippen LogP contribution in [0.25, 0.3) is 11.3 Å². The van der Waals surface area contributed by atoms with Crippen molar-refractivity contribution in [2.45, 2.75) is 90.4 Å². The Morgan fingerprint density at radius 1 is 1.17 bits per heavy atom. The van der Waals surface area contributed by atoms with E-state index in [0.717, 1.165) is 67.0 Å². The third-order valence-corrected chi connectivity index (χ3v) is 8.24. The molecule has 1 aliphatic heterocycles. The van der Waals surface area contributed by atoms with Gasteiger partial charge >= 0.3 is 5.97 Å². The number of aromatic nitrogens is 2. The molecule has 3 N–H and O–H groups in total. The molecule has 0 bridgehead atoms. The summed E-state index contributed by atoms with van der Waals surface area (Å²) in [6.45, 7) is 10.3. The maximum Gasteiger partial charge on any atom is 0.334 e. The number of pyridine rings is 2. The van der Waals surface area contributed by atoms with E-state index in [-0.39, 0.29) is 12.0 Å². The molecule has 42 heavy (non-hydrogen) atoms. The maximum absolute atomic E-state index is 11.8. The summed E-state index contributed by atoms with van der Waals surface area (Å²) in [6.07, 6.45) is 7.00. The largest absolute Gasteiger partial charge is 0.464 e. The summed E-state index contributed by atoms with van der Waals surface area (Å²) >= 11 is 0. The van der Waals surface area contributed by atoms with E-state index in [1.165, 1.54) is 0 Å². The van der Waals surface area contributed by atoms with Crippen molar-refractivity contribution in [1.29, 1.82) is 5.26 Å². The van der Waals surface area contributed by atoms with E-state index in [1.807, 2.05) is 24.4 Å². The molecule has 10 heteroatoms. The Morgan fingerprint density at radius 2 is 1.90 bits per heavy atom. The second kappa shape index (κ2) is 15.3. The number of nitrogens with one attached hydrogen (secondary N) is 3. The lowest BCUT2D eigenvalue weighted by atomic mass is 9.82. The average molecular weight is 579 g/mol. The first kappa shape index (κ1) is 31.7. The van der Waals surface area contributed by atoms with E-state index in [1.54, 1.807) is 13.8 Å². The first-order valence-electron chi connectivity index (χ1n) is 15.3. The van der Waals surface area contributed by atoms with Crippen molar-refractivity contribution in [3.63, 3.8) is 0 Å². The highest BCUT2D eigenvalue weighted by Crippen LogP contribution is 2.31. The molecule has 0 amide bonds. The zero-order valence-corrected chi connectivity index (χ0v) is 25.4. The lowest BCUT2D eigenvalue weighted by molar-refractivity contribution is -0.155. The van der Waals surface area contributed by atoms with Gasteiger partial charge in [0.05, 0.1) is 30.4 Å². The monoisotopic (exact) mass is 578 g/mol. The fourth-order valence-corrected chi connectivity index (χ4v) is 5.59. The van der Waals surface area contributed by atoms with Gasteiger partial charge in [-0.3, -0.25) is 0 Å². The van der Waals surface area contributed by atoms with Crippen molar-refractivity contribution >= 4 is 17.6 Å². The first-order valence-corrected chi connectivity index (χ1v) is 15.3. The summed E-state index contributed by atoms with van der Waals surface area (Å²) in [4.78, 5) is 21.3. The van der Waals surface area contributed by atoms with Crippen LogP contribution in [0.1, 0.15) is 64.9 Å². The second-order valence-electron chi connectivity index (χ2n) is 11.6. The van der Waals surface area contributed by atoms with Gasteiger partial charge in [0.2, 0.25) is 0 Å². The van der Waals surface area contributed by atoms with Gasteiger partial charge in [0, 0.05) is 49.6 Å². The Bertz CT molecular complexity index is 1200. The summed E-state index contributed by atoms with van der Waals surface area (Å²) in [7, 11) is 0. The zero-order chi connectivity index (χ0) is 30.0. The highest BCUT2D eigenvalue weighted by atomic mass is 16.6. The first-order chi connectivity index (χ1) is 20.3. The Balaban J connectivity index is 1.28. The predicted molar refractivity (Wildman–Crippen MR) is 163 cm³/mol. The SMILES string of the molecule is CCOC(=O)[C@@H](C)OC[C@@H](C)N[C@H]1CC[C@H](Nc2cc(-c3cccc(NCC4(C#N)CCOCC4)n3)c(C)cn2)CC1. The lowest BCUT2D eigenvalue weighted by Crippen LogP contribution is -2.43. The number of anilines is 2. The van der Waals surface area contributed by atoms with Crippen LogP contribution in [-0.2, 0) is 19.0 Å². The normalized spacial score (nSPS) is 21.5. The van der Waals surface area contributed by atoms with Gasteiger partial charge in [-0.15, -0.1) is 0 Å². The Labute approximate surface area is 249 Å². The molecule has 3 heterocycles. The molecule has 0 unspecified atom stereocenters. The standard InChI is InChI=1S/C32H46N6O4/c1-5-41-31(39)24(4)42-19-23(3)36-25-9-11-26(12-10-25)37-30-17-27(22(2)18-34-30)28-7-6-8-29(38-28)35-21-32(20-33)13-15-40-16-14-32/h6-8,17-18,23-26,36H,5,9-16,19,21H2,1-4H3,(H,34,37)(H,35,38)/t23-,24-,25-,26-/m1/s1. The van der Waals surface area contributed by atoms with Crippen molar-refractivity contribution in [3.8, 4) is 17.3 Å². The van der Waals surface area contributed by atoms with Crippen LogP contribution in [0, 0.1) is 23.7 Å². The fourth-order valence-electron chi connectivity index (χ4n) is 5.59. The molecule has 2 aliphatic rings. The molecular weight excluding hydrogens is 532 g/mol. The second-order valence-corrected chi connectivity index (χ2v) is 11.6. The van der Waals surface area contributed by atoms with Gasteiger partial charge in [0.1, 0.15) is 11.6 Å². The Hall–Kier alpha value is -3.26. The molecule has 10 nitrogen and oxygen atoms in total. The maximum atomic E-state index is 11.8. The van der Waals surface area contributed by atoms with Crippen LogP contribution in [0.2, 0.25) is 0 Å². The van der Waals surface area contributed by atoms with Gasteiger partial charge in [0.25, 0.3) is 0 Å². The minimum Gasteiger partial charge on any atom is -0.464 e. The van der Waals surface area contributed by atoms with Crippen molar-refractivity contribution in [3.05, 3.63) is 36.0 Å². The van der Waals surface area contributed by atoms with Crippen LogP contribution in [-0.4, -0.2) is 73.1 Å². The van der Waals surface area contributed by atoms with Crippen molar-refractivity contribution in [1.82, 2.24) is 15.3 Å². The van der Waals surface area contributed by atoms with Crippen LogP contribution >= 0.6 is 0 Å². The highest BCUT2D eigenvalue weighted by Gasteiger charge is 2.32. The number of ether oxygens (including phenoxy) is 3. The Morgan fingerprint density at radius 3 is 2.62 bits per heavy atom. The van der Waals surface area contributed by atoms with Crippen LogP contribution < -0.4 is 16.0 Å². The number of carbonyl (C=O) groups is 1. The van der Waals surface area contributed by atoms with Crippen LogP contribution in [0.15, 0.2) is 30.5 Å². The number of aryl methyl sites for hydroxylation is 1. The van der Waals surface area contributed by atoms with E-state index in [2.05, 4.69) is 46.9 Å². The molecular formula is C32H46N6O4. The number of hydrogen-bond donors (Lipinski definition) is 3. The third kappa shape index (κ3) is 8.87. The fraction of sp³-hybridized carbons (Fsp3) is 0.625. The molecule has 1 saturated carbocycles. The zero-order valence-electron chi connectivity index (χ0n) is 25.4. The summed E-state index contributed by atoms with van der Waals surface area (Å²) < 4.78 is 16.2. The van der Waals surface area contributed by atoms with E-state index in [4.69, 9.17) is 19.2 Å². The van der Waals surface area contributed by atoms with Gasteiger partial charge in [0.15, 0.2) is 6.10 Å². The molecule has 2 fully saturated rings. The van der Waals surface area contributed by atoms with Crippen molar-refractivity contribution in [2.24, 2.45) is 5.41 Å². The number of esters is 1. The van der Waals surface area contributed by atoms with Crippen molar-refractivity contribution < 1.29 is 19.0 Å². The van der Waals surface area contributed by atoms with Crippen molar-refractivity contribution in [2.75, 3.05) is 43.6 Å². The Kier molecular flexibility index (Phi) is 11.5. The summed E-state index contributed by atoms with van der Waals surface area (Å²) in [5.41, 5.74) is 2.56. The molecule has 2 atom stereocenters. The third-order valence-electron chi connectivity index (χ3n) is 8.24. The summed E-state index contributed by atoms with van der Waals surface area (Å²) in [5, 5.41) is 20.5. The predicted octanol–water partition coefficient (Wildman–Crippen LogP) is 4.85. The van der Waals surface area contributed by atoms with Crippen LogP contribution in [0.5, 0.6) is 0 Å². The molecule has 1 aliphatic carbocycles. The smallest absolute Gasteiger partial charge is 0.334 e. The van der Waals surface area contributed by atoms with Gasteiger partial charge in [-0.25, -0.2) is 14.8 Å². The molecule has 1 saturated heterocycles. The number of nitrogens with zero attached hydrogens (tertiary/aromatic N) is 3. The van der Waals surface area contributed by atoms with E-state index >= 15 is 0 Å². The average Bonchev–Trinajstić information content (AvgIpc) is 3.01. The molecule has 2 aromatic rings. The number of rotatable bonds is 13. The topological polar surface area (TPSA) is 130 Å². The molecule has 0 aromatic carbocycles. The highest BCUT2D eigenvalue weighted by molar-refractivity contribution is 5.74. The van der Waals surface area contributed by atoms with Crippen LogP contribution in [0.3, 0.4) is 0 Å². The molecule has 2 aromatic heterocycles. The minimum atomic E-state index is -0.553. The number of carbonyl (C=O) groups excluding carboxylic acids is 1. The van der Waals surface area contributed by atoms with E-state index < -0.39 is 11.5 Å². The quantitative estimate of drug-likeness (QED) is 0.284. The molecule has 228 valence electrons. The van der Waals surface area contributed by atoms with Gasteiger partial charge in [-0.05, 0) is 90.0 Å². The van der Waals surface area contributed by atoms with Gasteiger partial charge in [-0.1, -0.05) is 6.07 Å². The molecule has 0 spiro atoms. The van der Waals surface area contributed by atoms with E-state index in [9.17, 15) is 10.1 Å². The minimum absolute atomic E-state index is 0.151. The summed E-state index contributed by atoms with van der Waals surface area (Å²) in [5.74, 6) is 1.30. The number of hydrogen-bond acceptors (Lipinski definition) is 10. The van der Waals surface area contributed by atoms with E-state index in [0.29, 0.717) is 45.1 Å². The lowest BCUT2D eigenvalue weighted by Gasteiger charge is -2.32. The summed E-state index contributed by atoms with van der Waals surface area (Å²) in [6, 6.07) is 11.5.